The van der Waals surface area contributed by atoms with E-state index in [1.807, 2.05) is 30.5 Å². The predicted molar refractivity (Wildman–Crippen MR) is 87.4 cm³/mol. The molecule has 0 aliphatic heterocycles. The lowest BCUT2D eigenvalue weighted by molar-refractivity contribution is 0.822. The molecule has 4 nitrogen and oxygen atoms in total. The van der Waals surface area contributed by atoms with E-state index >= 15 is 0 Å². The van der Waals surface area contributed by atoms with E-state index in [4.69, 9.17) is 0 Å². The molecule has 0 aliphatic carbocycles. The molecule has 0 fully saturated rings. The summed E-state index contributed by atoms with van der Waals surface area (Å²) >= 11 is 0. The Labute approximate surface area is 129 Å². The predicted octanol–water partition coefficient (Wildman–Crippen LogP) is 3.10. The second-order valence-corrected chi connectivity index (χ2v) is 5.41. The first-order valence-corrected chi connectivity index (χ1v) is 7.55. The second kappa shape index (κ2) is 6.43. The lowest BCUT2D eigenvalue weighted by atomic mass is 10.1. The zero-order chi connectivity index (χ0) is 15.4. The van der Waals surface area contributed by atoms with E-state index in [2.05, 4.69) is 29.1 Å². The van der Waals surface area contributed by atoms with Gasteiger partial charge in [-0.1, -0.05) is 31.5 Å². The molecule has 0 saturated heterocycles. The number of nitrogens with one attached hydrogen (secondary N) is 1. The van der Waals surface area contributed by atoms with Crippen LogP contribution in [0.4, 0.5) is 0 Å². The summed E-state index contributed by atoms with van der Waals surface area (Å²) in [6, 6.07) is 13.7. The first kappa shape index (κ1) is 14.3. The van der Waals surface area contributed by atoms with E-state index in [0.29, 0.717) is 6.42 Å². The van der Waals surface area contributed by atoms with Crippen molar-refractivity contribution in [1.29, 1.82) is 0 Å². The van der Waals surface area contributed by atoms with E-state index in [-0.39, 0.29) is 5.56 Å². The number of aryl methyl sites for hydroxylation is 1. The number of rotatable bonds is 5. The Bertz CT molecular complexity index is 785. The van der Waals surface area contributed by atoms with Crippen LogP contribution in [-0.2, 0) is 12.8 Å². The van der Waals surface area contributed by atoms with Crippen molar-refractivity contribution in [2.45, 2.75) is 26.2 Å². The van der Waals surface area contributed by atoms with Gasteiger partial charge in [0.25, 0.3) is 5.56 Å². The van der Waals surface area contributed by atoms with E-state index < -0.39 is 0 Å². The molecule has 22 heavy (non-hydrogen) atoms. The minimum atomic E-state index is -0.0397. The Kier molecular flexibility index (Phi) is 4.19. The van der Waals surface area contributed by atoms with Gasteiger partial charge in [-0.15, -0.1) is 0 Å². The van der Waals surface area contributed by atoms with Crippen LogP contribution in [0.25, 0.3) is 5.69 Å². The Morgan fingerprint density at radius 2 is 1.95 bits per heavy atom. The van der Waals surface area contributed by atoms with Crippen molar-refractivity contribution in [2.75, 3.05) is 0 Å². The van der Waals surface area contributed by atoms with Gasteiger partial charge in [0.1, 0.15) is 0 Å². The van der Waals surface area contributed by atoms with Crippen LogP contribution in [0, 0.1) is 0 Å². The molecule has 112 valence electrons. The molecule has 0 spiro atoms. The monoisotopic (exact) mass is 293 g/mol. The number of pyridine rings is 1. The minimum Gasteiger partial charge on any atom is -0.295 e. The van der Waals surface area contributed by atoms with E-state index in [1.54, 1.807) is 16.9 Å². The highest BCUT2D eigenvalue weighted by atomic mass is 16.1. The Balaban J connectivity index is 1.84. The van der Waals surface area contributed by atoms with Crippen molar-refractivity contribution >= 4 is 0 Å². The standard InChI is InChI=1S/C18H19N3O/c1-2-4-14-6-8-17(9-7-14)21-18(22)12-16(20-21)11-15-5-3-10-19-13-15/h3,5-10,12-13,20H,2,4,11H2,1H3. The Morgan fingerprint density at radius 3 is 2.64 bits per heavy atom. The van der Waals surface area contributed by atoms with Crippen LogP contribution in [0.3, 0.4) is 0 Å². The van der Waals surface area contributed by atoms with Gasteiger partial charge >= 0.3 is 0 Å². The molecule has 0 saturated carbocycles. The third kappa shape index (κ3) is 3.17. The van der Waals surface area contributed by atoms with Gasteiger partial charge < -0.3 is 0 Å². The Hall–Kier alpha value is -2.62. The summed E-state index contributed by atoms with van der Waals surface area (Å²) in [5.41, 5.74) is 4.08. The number of H-pyrrole nitrogens is 1. The molecule has 3 rings (SSSR count). The van der Waals surface area contributed by atoms with Crippen LogP contribution >= 0.6 is 0 Å². The van der Waals surface area contributed by atoms with Gasteiger partial charge in [0.2, 0.25) is 0 Å². The summed E-state index contributed by atoms with van der Waals surface area (Å²) in [5, 5.41) is 3.17. The first-order valence-electron chi connectivity index (χ1n) is 7.55. The fourth-order valence-corrected chi connectivity index (χ4v) is 2.55. The van der Waals surface area contributed by atoms with Gasteiger partial charge in [0, 0.05) is 30.6 Å². The van der Waals surface area contributed by atoms with Gasteiger partial charge in [-0.2, -0.15) is 0 Å². The average molecular weight is 293 g/mol. The highest BCUT2D eigenvalue weighted by Crippen LogP contribution is 2.10. The van der Waals surface area contributed by atoms with Crippen LogP contribution in [-0.4, -0.2) is 14.8 Å². The first-order chi connectivity index (χ1) is 10.8. The van der Waals surface area contributed by atoms with Crippen molar-refractivity contribution in [1.82, 2.24) is 14.8 Å². The fourth-order valence-electron chi connectivity index (χ4n) is 2.55. The maximum absolute atomic E-state index is 12.2. The molecule has 0 amide bonds. The molecule has 1 aromatic carbocycles. The van der Waals surface area contributed by atoms with E-state index in [9.17, 15) is 4.79 Å². The van der Waals surface area contributed by atoms with Gasteiger partial charge in [-0.25, -0.2) is 4.68 Å². The number of aromatic amines is 1. The molecule has 0 unspecified atom stereocenters. The maximum Gasteiger partial charge on any atom is 0.271 e. The van der Waals surface area contributed by atoms with Crippen molar-refractivity contribution in [3.05, 3.63) is 82.0 Å². The molecule has 3 aromatic rings. The maximum atomic E-state index is 12.2. The molecule has 2 aromatic heterocycles. The molecule has 0 aliphatic rings. The number of benzene rings is 1. The van der Waals surface area contributed by atoms with Crippen LogP contribution in [0.1, 0.15) is 30.2 Å². The highest BCUT2D eigenvalue weighted by molar-refractivity contribution is 5.34. The largest absolute Gasteiger partial charge is 0.295 e. The van der Waals surface area contributed by atoms with Crippen molar-refractivity contribution in [3.63, 3.8) is 0 Å². The van der Waals surface area contributed by atoms with Crippen LogP contribution in [0.5, 0.6) is 0 Å². The summed E-state index contributed by atoms with van der Waals surface area (Å²) in [7, 11) is 0. The fraction of sp³-hybridized carbons (Fsp3) is 0.222. The van der Waals surface area contributed by atoms with Gasteiger partial charge in [-0.05, 0) is 35.7 Å². The van der Waals surface area contributed by atoms with Crippen LogP contribution < -0.4 is 5.56 Å². The molecule has 0 atom stereocenters. The molecular weight excluding hydrogens is 274 g/mol. The minimum absolute atomic E-state index is 0.0397. The molecule has 1 N–H and O–H groups in total. The smallest absolute Gasteiger partial charge is 0.271 e. The Morgan fingerprint density at radius 1 is 1.14 bits per heavy atom. The van der Waals surface area contributed by atoms with Gasteiger partial charge in [0.05, 0.1) is 5.69 Å². The van der Waals surface area contributed by atoms with E-state index in [1.165, 1.54) is 5.56 Å². The normalized spacial score (nSPS) is 10.8. The van der Waals surface area contributed by atoms with Crippen molar-refractivity contribution < 1.29 is 0 Å². The van der Waals surface area contributed by atoms with Crippen molar-refractivity contribution in [2.24, 2.45) is 0 Å². The molecular formula is C18H19N3O. The quantitative estimate of drug-likeness (QED) is 0.786. The van der Waals surface area contributed by atoms with Gasteiger partial charge in [0.15, 0.2) is 0 Å². The third-order valence-corrected chi connectivity index (χ3v) is 3.62. The average Bonchev–Trinajstić information content (AvgIpc) is 2.90. The third-order valence-electron chi connectivity index (χ3n) is 3.62. The summed E-state index contributed by atoms with van der Waals surface area (Å²) in [4.78, 5) is 16.3. The van der Waals surface area contributed by atoms with Crippen molar-refractivity contribution in [3.8, 4) is 5.69 Å². The molecule has 4 heteroatoms. The second-order valence-electron chi connectivity index (χ2n) is 5.41. The lowest BCUT2D eigenvalue weighted by Crippen LogP contribution is -2.13. The number of aromatic nitrogens is 3. The highest BCUT2D eigenvalue weighted by Gasteiger charge is 2.06. The summed E-state index contributed by atoms with van der Waals surface area (Å²) < 4.78 is 1.58. The number of nitrogens with zero attached hydrogens (tertiary/aromatic N) is 2. The molecule has 0 radical (unpaired) electrons. The lowest BCUT2D eigenvalue weighted by Gasteiger charge is -2.04. The molecule has 2 heterocycles. The molecule has 0 bridgehead atoms. The summed E-state index contributed by atoms with van der Waals surface area (Å²) in [5.74, 6) is 0. The van der Waals surface area contributed by atoms with Crippen LogP contribution in [0.15, 0.2) is 59.7 Å². The van der Waals surface area contributed by atoms with Crippen LogP contribution in [0.2, 0.25) is 0 Å². The number of hydrogen-bond donors (Lipinski definition) is 1. The topological polar surface area (TPSA) is 50.7 Å². The summed E-state index contributed by atoms with van der Waals surface area (Å²) in [6.07, 6.45) is 6.41. The zero-order valence-corrected chi connectivity index (χ0v) is 12.6. The zero-order valence-electron chi connectivity index (χ0n) is 12.6. The van der Waals surface area contributed by atoms with Gasteiger partial charge in [-0.3, -0.25) is 14.9 Å². The van der Waals surface area contributed by atoms with E-state index in [0.717, 1.165) is 29.8 Å². The number of hydrogen-bond acceptors (Lipinski definition) is 2. The SMILES string of the molecule is CCCc1ccc(-n2[nH]c(Cc3cccnc3)cc2=O)cc1. The summed E-state index contributed by atoms with van der Waals surface area (Å²) in [6.45, 7) is 2.16.